The molecule has 6 heteroatoms. The Morgan fingerprint density at radius 3 is 2.92 bits per heavy atom. The van der Waals surface area contributed by atoms with Crippen LogP contribution in [0.4, 0.5) is 11.6 Å². The first-order valence-corrected chi connectivity index (χ1v) is 9.26. The average Bonchev–Trinajstić information content (AvgIpc) is 2.68. The fraction of sp³-hybridized carbons (Fsp3) is 0.500. The molecule has 0 aliphatic carbocycles. The molecule has 0 amide bonds. The summed E-state index contributed by atoms with van der Waals surface area (Å²) in [4.78, 5) is 13.3. The Hall–Kier alpha value is -2.34. The molecule has 1 atom stereocenters. The number of methoxy groups -OCH3 is 1. The van der Waals surface area contributed by atoms with Crippen molar-refractivity contribution in [1.82, 2.24) is 9.97 Å². The van der Waals surface area contributed by atoms with Gasteiger partial charge < -0.3 is 19.6 Å². The van der Waals surface area contributed by atoms with Crippen LogP contribution in [0.1, 0.15) is 25.3 Å². The normalized spacial score (nSPS) is 17.2. The highest BCUT2D eigenvalue weighted by Crippen LogP contribution is 2.26. The lowest BCUT2D eigenvalue weighted by Gasteiger charge is -2.32. The van der Waals surface area contributed by atoms with Crippen LogP contribution in [-0.4, -0.2) is 48.4 Å². The molecule has 1 unspecified atom stereocenters. The van der Waals surface area contributed by atoms with Crippen LogP contribution in [0.25, 0.3) is 0 Å². The molecule has 1 aliphatic heterocycles. The van der Waals surface area contributed by atoms with E-state index in [4.69, 9.17) is 4.74 Å². The number of ether oxygens (including phenoxy) is 1. The summed E-state index contributed by atoms with van der Waals surface area (Å²) in [5, 5.41) is 9.53. The number of rotatable bonds is 7. The minimum atomic E-state index is 0.0647. The molecule has 6 nitrogen and oxygen atoms in total. The van der Waals surface area contributed by atoms with Crippen LogP contribution in [0.15, 0.2) is 36.7 Å². The molecule has 0 saturated carbocycles. The second kappa shape index (κ2) is 8.85. The molecule has 0 spiro atoms. The topological polar surface area (TPSA) is 61.7 Å². The number of aliphatic hydroxyl groups is 1. The highest BCUT2D eigenvalue weighted by atomic mass is 16.5. The van der Waals surface area contributed by atoms with Crippen molar-refractivity contribution in [3.8, 4) is 5.75 Å². The van der Waals surface area contributed by atoms with Gasteiger partial charge in [-0.2, -0.15) is 0 Å². The van der Waals surface area contributed by atoms with Gasteiger partial charge in [0, 0.05) is 37.8 Å². The Morgan fingerprint density at radius 1 is 1.31 bits per heavy atom. The Balaban J connectivity index is 1.82. The molecular formula is C20H28N4O2. The third kappa shape index (κ3) is 4.43. The zero-order chi connectivity index (χ0) is 18.4. The minimum absolute atomic E-state index is 0.0647. The number of aliphatic hydroxyl groups excluding tert-OH is 1. The smallest absolute Gasteiger partial charge is 0.134 e. The maximum Gasteiger partial charge on any atom is 0.134 e. The quantitative estimate of drug-likeness (QED) is 0.823. The van der Waals surface area contributed by atoms with Gasteiger partial charge >= 0.3 is 0 Å². The number of para-hydroxylation sites is 1. The van der Waals surface area contributed by atoms with E-state index in [1.165, 1.54) is 12.8 Å². The van der Waals surface area contributed by atoms with Crippen LogP contribution in [0.5, 0.6) is 5.75 Å². The maximum atomic E-state index is 9.53. The second-order valence-corrected chi connectivity index (χ2v) is 6.88. The van der Waals surface area contributed by atoms with E-state index in [1.54, 1.807) is 13.4 Å². The van der Waals surface area contributed by atoms with Crippen LogP contribution in [-0.2, 0) is 6.54 Å². The zero-order valence-corrected chi connectivity index (χ0v) is 15.6. The zero-order valence-electron chi connectivity index (χ0n) is 15.6. The molecule has 1 aliphatic rings. The van der Waals surface area contributed by atoms with E-state index < -0.39 is 0 Å². The summed E-state index contributed by atoms with van der Waals surface area (Å²) >= 11 is 0. The summed E-state index contributed by atoms with van der Waals surface area (Å²) in [5.74, 6) is 3.32. The number of aromatic nitrogens is 2. The fourth-order valence-corrected chi connectivity index (χ4v) is 3.52. The largest absolute Gasteiger partial charge is 0.496 e. The molecule has 3 rings (SSSR count). The van der Waals surface area contributed by atoms with Crippen LogP contribution in [0, 0.1) is 5.92 Å². The van der Waals surface area contributed by atoms with Gasteiger partial charge in [0.05, 0.1) is 13.7 Å². The van der Waals surface area contributed by atoms with Crippen molar-refractivity contribution < 1.29 is 9.84 Å². The molecule has 0 bridgehead atoms. The summed E-state index contributed by atoms with van der Waals surface area (Å²) < 4.78 is 5.46. The molecule has 1 saturated heterocycles. The highest BCUT2D eigenvalue weighted by molar-refractivity contribution is 5.51. The fourth-order valence-electron chi connectivity index (χ4n) is 3.52. The SMILES string of the molecule is COc1ccccc1CN(CCO)c1cc(N2CCCC(C)C2)ncn1. The van der Waals surface area contributed by atoms with E-state index in [-0.39, 0.29) is 6.61 Å². The number of hydrogen-bond donors (Lipinski definition) is 1. The molecule has 140 valence electrons. The van der Waals surface area contributed by atoms with Gasteiger partial charge in [0.1, 0.15) is 23.7 Å². The molecule has 2 aromatic rings. The minimum Gasteiger partial charge on any atom is -0.496 e. The Kier molecular flexibility index (Phi) is 6.28. The van der Waals surface area contributed by atoms with Gasteiger partial charge in [-0.3, -0.25) is 0 Å². The van der Waals surface area contributed by atoms with Crippen LogP contribution >= 0.6 is 0 Å². The lowest BCUT2D eigenvalue weighted by atomic mass is 10.0. The average molecular weight is 356 g/mol. The van der Waals surface area contributed by atoms with Crippen molar-refractivity contribution in [1.29, 1.82) is 0 Å². The Morgan fingerprint density at radius 2 is 2.15 bits per heavy atom. The van der Waals surface area contributed by atoms with Gasteiger partial charge in [0.2, 0.25) is 0 Å². The van der Waals surface area contributed by atoms with E-state index in [9.17, 15) is 5.11 Å². The van der Waals surface area contributed by atoms with Crippen molar-refractivity contribution in [3.63, 3.8) is 0 Å². The predicted octanol–water partition coefficient (Wildman–Crippen LogP) is 2.72. The van der Waals surface area contributed by atoms with Crippen LogP contribution in [0.3, 0.4) is 0 Å². The Labute approximate surface area is 155 Å². The van der Waals surface area contributed by atoms with Crippen LogP contribution < -0.4 is 14.5 Å². The molecule has 2 heterocycles. The summed E-state index contributed by atoms with van der Waals surface area (Å²) in [6, 6.07) is 9.97. The number of hydrogen-bond acceptors (Lipinski definition) is 6. The van der Waals surface area contributed by atoms with Gasteiger partial charge in [-0.1, -0.05) is 25.1 Å². The number of benzene rings is 1. The van der Waals surface area contributed by atoms with Crippen molar-refractivity contribution >= 4 is 11.6 Å². The molecule has 1 fully saturated rings. The molecule has 1 aromatic heterocycles. The van der Waals surface area contributed by atoms with Crippen molar-refractivity contribution in [2.45, 2.75) is 26.3 Å². The van der Waals surface area contributed by atoms with Crippen molar-refractivity contribution in [2.24, 2.45) is 5.92 Å². The lowest BCUT2D eigenvalue weighted by molar-refractivity contribution is 0.301. The van der Waals surface area contributed by atoms with Gasteiger partial charge in [0.15, 0.2) is 0 Å². The van der Waals surface area contributed by atoms with E-state index in [0.717, 1.165) is 36.0 Å². The van der Waals surface area contributed by atoms with E-state index in [2.05, 4.69) is 26.7 Å². The molecule has 1 aromatic carbocycles. The third-order valence-corrected chi connectivity index (χ3v) is 4.87. The standard InChI is InChI=1S/C20H28N4O2/c1-16-6-5-9-23(13-16)19-12-20(22-15-21-19)24(10-11-25)14-17-7-3-4-8-18(17)26-2/h3-4,7-8,12,15-16,25H,5-6,9-11,13-14H2,1-2H3. The molecular weight excluding hydrogens is 328 g/mol. The van der Waals surface area contributed by atoms with Crippen molar-refractivity contribution in [3.05, 3.63) is 42.2 Å². The summed E-state index contributed by atoms with van der Waals surface area (Å²) in [6.45, 7) is 5.54. The highest BCUT2D eigenvalue weighted by Gasteiger charge is 2.19. The number of anilines is 2. The number of piperidine rings is 1. The van der Waals surface area contributed by atoms with Gasteiger partial charge in [-0.25, -0.2) is 9.97 Å². The first kappa shape index (κ1) is 18.5. The molecule has 1 N–H and O–H groups in total. The van der Waals surface area contributed by atoms with Gasteiger partial charge in [0.25, 0.3) is 0 Å². The van der Waals surface area contributed by atoms with Gasteiger partial charge in [-0.05, 0) is 24.8 Å². The summed E-state index contributed by atoms with van der Waals surface area (Å²) in [7, 11) is 1.68. The Bertz CT molecular complexity index is 710. The summed E-state index contributed by atoms with van der Waals surface area (Å²) in [6.07, 6.45) is 4.09. The predicted molar refractivity (Wildman–Crippen MR) is 104 cm³/mol. The van der Waals surface area contributed by atoms with Gasteiger partial charge in [-0.15, -0.1) is 0 Å². The first-order valence-electron chi connectivity index (χ1n) is 9.26. The first-order chi connectivity index (χ1) is 12.7. The number of nitrogens with zero attached hydrogens (tertiary/aromatic N) is 4. The lowest BCUT2D eigenvalue weighted by Crippen LogP contribution is -2.35. The van der Waals surface area contributed by atoms with E-state index in [0.29, 0.717) is 19.0 Å². The van der Waals surface area contributed by atoms with E-state index in [1.807, 2.05) is 30.3 Å². The van der Waals surface area contributed by atoms with E-state index >= 15 is 0 Å². The monoisotopic (exact) mass is 356 g/mol. The summed E-state index contributed by atoms with van der Waals surface area (Å²) in [5.41, 5.74) is 1.07. The van der Waals surface area contributed by atoms with Crippen molar-refractivity contribution in [2.75, 3.05) is 43.2 Å². The maximum absolute atomic E-state index is 9.53. The molecule has 0 radical (unpaired) electrons. The molecule has 26 heavy (non-hydrogen) atoms. The second-order valence-electron chi connectivity index (χ2n) is 6.88. The van der Waals surface area contributed by atoms with Crippen LogP contribution in [0.2, 0.25) is 0 Å². The third-order valence-electron chi connectivity index (χ3n) is 4.87.